The third kappa shape index (κ3) is 9.34. The summed E-state index contributed by atoms with van der Waals surface area (Å²) in [4.78, 5) is 35.5. The van der Waals surface area contributed by atoms with Crippen LogP contribution in [0.15, 0.2) is 23.8 Å². The van der Waals surface area contributed by atoms with Gasteiger partial charge in [0.15, 0.2) is 0 Å². The van der Waals surface area contributed by atoms with Gasteiger partial charge in [0.1, 0.15) is 12.1 Å². The standard InChI is InChI=1S/C23H37NO7S/c1-14-8-7-9-15(2)19(30-6)10-11-23(5,29)20(12-21(26)31-16(14)3)32-13-18(22(27)28)24-17(4)25/h9-11,14,16,18-20,29H,7-8,12-13H2,1-6H3,(H,24,25)(H,27,28). The van der Waals surface area contributed by atoms with Gasteiger partial charge in [-0.2, -0.15) is 11.8 Å². The first-order valence-electron chi connectivity index (χ1n) is 10.8. The van der Waals surface area contributed by atoms with E-state index in [1.807, 2.05) is 20.8 Å². The molecule has 182 valence electrons. The number of carbonyl (C=O) groups is 3. The number of rotatable bonds is 6. The topological polar surface area (TPSA) is 122 Å². The number of carboxylic acid groups (broad SMARTS) is 1. The minimum atomic E-state index is -1.46. The van der Waals surface area contributed by atoms with Gasteiger partial charge in [-0.05, 0) is 45.1 Å². The van der Waals surface area contributed by atoms with Crippen molar-refractivity contribution in [3.8, 4) is 0 Å². The lowest BCUT2D eigenvalue weighted by molar-refractivity contribution is -0.151. The Balaban J connectivity index is 3.20. The Hall–Kier alpha value is -1.84. The Labute approximate surface area is 194 Å². The minimum absolute atomic E-state index is 0.0184. The molecule has 0 aliphatic carbocycles. The van der Waals surface area contributed by atoms with Crippen molar-refractivity contribution < 1.29 is 34.1 Å². The number of carbonyl (C=O) groups excluding carboxylic acids is 2. The summed E-state index contributed by atoms with van der Waals surface area (Å²) < 4.78 is 11.1. The molecule has 0 saturated carbocycles. The summed E-state index contributed by atoms with van der Waals surface area (Å²) in [5.41, 5.74) is -0.451. The number of aliphatic hydroxyl groups is 1. The highest BCUT2D eigenvalue weighted by molar-refractivity contribution is 8.00. The molecule has 1 aliphatic rings. The second kappa shape index (κ2) is 13.0. The van der Waals surface area contributed by atoms with Gasteiger partial charge in [-0.25, -0.2) is 4.79 Å². The smallest absolute Gasteiger partial charge is 0.327 e. The second-order valence-corrected chi connectivity index (χ2v) is 9.79. The largest absolute Gasteiger partial charge is 0.480 e. The summed E-state index contributed by atoms with van der Waals surface area (Å²) >= 11 is 1.11. The average Bonchev–Trinajstić information content (AvgIpc) is 2.68. The minimum Gasteiger partial charge on any atom is -0.480 e. The molecule has 6 atom stereocenters. The van der Waals surface area contributed by atoms with Crippen LogP contribution in [0.3, 0.4) is 0 Å². The monoisotopic (exact) mass is 471 g/mol. The first-order chi connectivity index (χ1) is 14.9. The number of carboxylic acids is 1. The number of aliphatic carboxylic acids is 1. The predicted molar refractivity (Wildman–Crippen MR) is 124 cm³/mol. The second-order valence-electron chi connectivity index (χ2n) is 8.56. The number of amides is 1. The molecule has 3 N–H and O–H groups in total. The summed E-state index contributed by atoms with van der Waals surface area (Å²) in [7, 11) is 1.59. The summed E-state index contributed by atoms with van der Waals surface area (Å²) in [6.45, 7) is 8.63. The van der Waals surface area contributed by atoms with Gasteiger partial charge in [0.25, 0.3) is 0 Å². The van der Waals surface area contributed by atoms with Gasteiger partial charge < -0.3 is 25.0 Å². The number of ether oxygens (including phenoxy) is 2. The van der Waals surface area contributed by atoms with Gasteiger partial charge in [-0.15, -0.1) is 0 Å². The third-order valence-corrected chi connectivity index (χ3v) is 7.23. The van der Waals surface area contributed by atoms with E-state index in [0.29, 0.717) is 0 Å². The summed E-state index contributed by atoms with van der Waals surface area (Å²) in [5.74, 6) is -1.99. The lowest BCUT2D eigenvalue weighted by Gasteiger charge is -2.31. The van der Waals surface area contributed by atoms with Crippen LogP contribution in [0, 0.1) is 5.92 Å². The maximum absolute atomic E-state index is 12.6. The first-order valence-corrected chi connectivity index (χ1v) is 11.8. The fourth-order valence-corrected chi connectivity index (χ4v) is 4.64. The number of nitrogens with one attached hydrogen (secondary N) is 1. The molecule has 0 bridgehead atoms. The van der Waals surface area contributed by atoms with E-state index in [0.717, 1.165) is 30.2 Å². The fourth-order valence-electron chi connectivity index (χ4n) is 3.32. The van der Waals surface area contributed by atoms with Gasteiger partial charge in [0.05, 0.1) is 18.1 Å². The number of allylic oxidation sites excluding steroid dienone is 1. The molecule has 0 aromatic rings. The maximum Gasteiger partial charge on any atom is 0.327 e. The molecule has 9 heteroatoms. The van der Waals surface area contributed by atoms with E-state index in [2.05, 4.69) is 11.4 Å². The van der Waals surface area contributed by atoms with Crippen molar-refractivity contribution in [1.29, 1.82) is 0 Å². The third-order valence-electron chi connectivity index (χ3n) is 5.66. The van der Waals surface area contributed by atoms with E-state index < -0.39 is 34.7 Å². The van der Waals surface area contributed by atoms with Crippen molar-refractivity contribution in [3.63, 3.8) is 0 Å². The number of hydrogen-bond donors (Lipinski definition) is 3. The molecule has 0 fully saturated rings. The van der Waals surface area contributed by atoms with Crippen molar-refractivity contribution in [2.75, 3.05) is 12.9 Å². The molecule has 1 amide bonds. The van der Waals surface area contributed by atoms with Crippen molar-refractivity contribution >= 4 is 29.6 Å². The van der Waals surface area contributed by atoms with Crippen molar-refractivity contribution in [2.24, 2.45) is 5.92 Å². The van der Waals surface area contributed by atoms with Gasteiger partial charge >= 0.3 is 11.9 Å². The summed E-state index contributed by atoms with van der Waals surface area (Å²) in [6.07, 6.45) is 6.32. The van der Waals surface area contributed by atoms with E-state index in [9.17, 15) is 24.6 Å². The molecule has 0 aromatic carbocycles. The van der Waals surface area contributed by atoms with Crippen LogP contribution in [-0.4, -0.2) is 70.0 Å². The van der Waals surface area contributed by atoms with Crippen LogP contribution in [0.1, 0.15) is 53.9 Å². The molecule has 32 heavy (non-hydrogen) atoms. The average molecular weight is 472 g/mol. The fraction of sp³-hybridized carbons (Fsp3) is 0.696. The van der Waals surface area contributed by atoms with Gasteiger partial charge in [0.2, 0.25) is 5.91 Å². The molecule has 0 spiro atoms. The number of hydrogen-bond acceptors (Lipinski definition) is 7. The highest BCUT2D eigenvalue weighted by Crippen LogP contribution is 2.30. The molecule has 0 saturated heterocycles. The highest BCUT2D eigenvalue weighted by Gasteiger charge is 2.35. The zero-order valence-electron chi connectivity index (χ0n) is 19.8. The van der Waals surface area contributed by atoms with Crippen LogP contribution in [0.4, 0.5) is 0 Å². The molecule has 0 radical (unpaired) electrons. The Morgan fingerprint density at radius 1 is 1.41 bits per heavy atom. The van der Waals surface area contributed by atoms with Crippen molar-refractivity contribution in [1.82, 2.24) is 5.32 Å². The summed E-state index contributed by atoms with van der Waals surface area (Å²) in [6, 6.07) is -1.14. The van der Waals surface area contributed by atoms with E-state index >= 15 is 0 Å². The van der Waals surface area contributed by atoms with Gasteiger partial charge in [0, 0.05) is 25.0 Å². The lowest BCUT2D eigenvalue weighted by atomic mass is 9.95. The molecule has 1 heterocycles. The Bertz CT molecular complexity index is 719. The van der Waals surface area contributed by atoms with Crippen LogP contribution in [-0.2, 0) is 23.9 Å². The van der Waals surface area contributed by atoms with Crippen molar-refractivity contribution in [2.45, 2.75) is 83.0 Å². The molecular weight excluding hydrogens is 434 g/mol. The molecular formula is C23H37NO7S. The highest BCUT2D eigenvalue weighted by atomic mass is 32.2. The normalized spacial score (nSPS) is 31.1. The van der Waals surface area contributed by atoms with Gasteiger partial charge in [-0.1, -0.05) is 25.2 Å². The number of esters is 1. The Kier molecular flexibility index (Phi) is 11.5. The molecule has 1 rings (SSSR count). The van der Waals surface area contributed by atoms with Gasteiger partial charge in [-0.3, -0.25) is 9.59 Å². The molecule has 6 unspecified atom stereocenters. The zero-order chi connectivity index (χ0) is 24.5. The van der Waals surface area contributed by atoms with Crippen LogP contribution in [0.2, 0.25) is 0 Å². The zero-order valence-corrected chi connectivity index (χ0v) is 20.6. The molecule has 8 nitrogen and oxygen atoms in total. The molecule has 1 aliphatic heterocycles. The van der Waals surface area contributed by atoms with Crippen LogP contribution >= 0.6 is 11.8 Å². The van der Waals surface area contributed by atoms with Crippen LogP contribution in [0.5, 0.6) is 0 Å². The number of thioether (sulfide) groups is 1. The van der Waals surface area contributed by atoms with Crippen LogP contribution in [0.25, 0.3) is 0 Å². The lowest BCUT2D eigenvalue weighted by Crippen LogP contribution is -2.44. The predicted octanol–water partition coefficient (Wildman–Crippen LogP) is 2.70. The quantitative estimate of drug-likeness (QED) is 0.399. The Morgan fingerprint density at radius 2 is 2.06 bits per heavy atom. The number of cyclic esters (lactones) is 1. The first kappa shape index (κ1) is 28.2. The Morgan fingerprint density at radius 3 is 2.62 bits per heavy atom. The maximum atomic E-state index is 12.6. The van der Waals surface area contributed by atoms with E-state index in [-0.39, 0.29) is 30.3 Å². The molecule has 0 aromatic heterocycles. The van der Waals surface area contributed by atoms with E-state index in [1.165, 1.54) is 6.92 Å². The van der Waals surface area contributed by atoms with Crippen LogP contribution < -0.4 is 5.32 Å². The summed E-state index contributed by atoms with van der Waals surface area (Å²) in [5, 5.41) is 22.2. The number of methoxy groups -OCH3 is 1. The van der Waals surface area contributed by atoms with E-state index in [4.69, 9.17) is 9.47 Å². The SMILES string of the molecule is COC1C=CC(C)(O)C(SCC(NC(C)=O)C(=O)O)CC(=O)OC(C)C(C)CCC=C1C. The van der Waals surface area contributed by atoms with Crippen molar-refractivity contribution in [3.05, 3.63) is 23.8 Å². The van der Waals surface area contributed by atoms with E-state index in [1.54, 1.807) is 26.2 Å².